The van der Waals surface area contributed by atoms with Crippen molar-refractivity contribution in [2.45, 2.75) is 51.3 Å². The predicted molar refractivity (Wildman–Crippen MR) is 90.7 cm³/mol. The quantitative estimate of drug-likeness (QED) is 0.871. The number of carboxylic acid groups (broad SMARTS) is 1. The molecule has 7 heteroatoms. The molecule has 25 heavy (non-hydrogen) atoms. The van der Waals surface area contributed by atoms with Crippen LogP contribution in [-0.4, -0.2) is 46.8 Å². The van der Waals surface area contributed by atoms with Crippen LogP contribution in [-0.2, 0) is 9.53 Å². The van der Waals surface area contributed by atoms with Gasteiger partial charge in [0.1, 0.15) is 17.5 Å². The molecule has 6 nitrogen and oxygen atoms in total. The Labute approximate surface area is 147 Å². The molecule has 1 saturated heterocycles. The fraction of sp³-hybridized carbons (Fsp3) is 0.556. The van der Waals surface area contributed by atoms with Gasteiger partial charge in [-0.3, -0.25) is 9.69 Å². The van der Waals surface area contributed by atoms with E-state index in [-0.39, 0.29) is 11.6 Å². The summed E-state index contributed by atoms with van der Waals surface area (Å²) >= 11 is 0. The summed E-state index contributed by atoms with van der Waals surface area (Å²) in [5.41, 5.74) is -0.470. The first-order valence-corrected chi connectivity index (χ1v) is 8.38. The Morgan fingerprint density at radius 2 is 2.04 bits per heavy atom. The maximum Gasteiger partial charge on any atom is 0.407 e. The minimum atomic E-state index is -1.11. The molecule has 0 spiro atoms. The van der Waals surface area contributed by atoms with Crippen LogP contribution in [0.2, 0.25) is 0 Å². The molecule has 0 bridgehead atoms. The van der Waals surface area contributed by atoms with Gasteiger partial charge in [0.05, 0.1) is 0 Å². The van der Waals surface area contributed by atoms with Crippen molar-refractivity contribution in [1.82, 2.24) is 10.2 Å². The Hall–Kier alpha value is -2.15. The molecule has 1 aliphatic rings. The van der Waals surface area contributed by atoms with E-state index in [9.17, 15) is 19.1 Å². The maximum atomic E-state index is 14.1. The van der Waals surface area contributed by atoms with Crippen LogP contribution >= 0.6 is 0 Å². The van der Waals surface area contributed by atoms with E-state index in [1.807, 2.05) is 0 Å². The van der Waals surface area contributed by atoms with Gasteiger partial charge in [0.25, 0.3) is 0 Å². The highest BCUT2D eigenvalue weighted by Gasteiger charge is 2.34. The van der Waals surface area contributed by atoms with Crippen LogP contribution in [0.1, 0.15) is 45.2 Å². The second-order valence-electron chi connectivity index (χ2n) is 7.24. The standard InChI is InChI=1S/C18H25FN2O4/c1-18(2,3)25-17(24)20-12-7-6-10-21(11-12)15(16(22)23)13-8-4-5-9-14(13)19/h4-5,8-9,12,15H,6-7,10-11H2,1-3H3,(H,20,24)(H,22,23). The Bertz CT molecular complexity index is 630. The molecule has 2 rings (SSSR count). The van der Waals surface area contributed by atoms with Gasteiger partial charge >= 0.3 is 12.1 Å². The van der Waals surface area contributed by atoms with Crippen LogP contribution in [0.25, 0.3) is 0 Å². The lowest BCUT2D eigenvalue weighted by atomic mass is 9.99. The van der Waals surface area contributed by atoms with Gasteiger partial charge in [-0.15, -0.1) is 0 Å². The number of carbonyl (C=O) groups is 2. The lowest BCUT2D eigenvalue weighted by molar-refractivity contribution is -0.144. The number of aliphatic carboxylic acids is 1. The molecule has 1 fully saturated rings. The van der Waals surface area contributed by atoms with Crippen LogP contribution in [0.5, 0.6) is 0 Å². The first kappa shape index (κ1) is 19.2. The number of hydrogen-bond donors (Lipinski definition) is 2. The van der Waals surface area contributed by atoms with E-state index in [0.717, 1.165) is 6.42 Å². The molecule has 2 unspecified atom stereocenters. The molecule has 1 amide bonds. The number of rotatable bonds is 4. The van der Waals surface area contributed by atoms with Crippen molar-refractivity contribution in [1.29, 1.82) is 0 Å². The van der Waals surface area contributed by atoms with Gasteiger partial charge in [0.15, 0.2) is 0 Å². The number of nitrogens with zero attached hydrogens (tertiary/aromatic N) is 1. The SMILES string of the molecule is CC(C)(C)OC(=O)NC1CCCN(C(C(=O)O)c2ccccc2F)C1. The number of nitrogens with one attached hydrogen (secondary N) is 1. The van der Waals surface area contributed by atoms with Crippen molar-refractivity contribution in [2.24, 2.45) is 0 Å². The third-order valence-corrected chi connectivity index (χ3v) is 3.97. The van der Waals surface area contributed by atoms with Crippen molar-refractivity contribution in [3.8, 4) is 0 Å². The monoisotopic (exact) mass is 352 g/mol. The number of carbonyl (C=O) groups excluding carboxylic acids is 1. The highest BCUT2D eigenvalue weighted by atomic mass is 19.1. The van der Waals surface area contributed by atoms with Gasteiger partial charge in [-0.05, 0) is 46.2 Å². The average molecular weight is 352 g/mol. The zero-order valence-electron chi connectivity index (χ0n) is 14.8. The molecule has 1 aromatic carbocycles. The Morgan fingerprint density at radius 3 is 2.64 bits per heavy atom. The third-order valence-electron chi connectivity index (χ3n) is 3.97. The molecular formula is C18H25FN2O4. The molecule has 0 radical (unpaired) electrons. The second kappa shape index (κ2) is 7.82. The molecule has 2 atom stereocenters. The number of likely N-dealkylation sites (tertiary alicyclic amines) is 1. The number of piperidine rings is 1. The van der Waals surface area contributed by atoms with Crippen LogP contribution in [0.4, 0.5) is 9.18 Å². The van der Waals surface area contributed by atoms with Crippen molar-refractivity contribution in [3.63, 3.8) is 0 Å². The van der Waals surface area contributed by atoms with Crippen LogP contribution in [0.3, 0.4) is 0 Å². The fourth-order valence-electron chi connectivity index (χ4n) is 3.02. The first-order chi connectivity index (χ1) is 11.7. The zero-order chi connectivity index (χ0) is 18.6. The van der Waals surface area contributed by atoms with E-state index in [1.165, 1.54) is 18.2 Å². The van der Waals surface area contributed by atoms with Gasteiger partial charge in [-0.25, -0.2) is 9.18 Å². The number of ether oxygens (including phenoxy) is 1. The summed E-state index contributed by atoms with van der Waals surface area (Å²) in [5, 5.41) is 12.4. The second-order valence-corrected chi connectivity index (χ2v) is 7.24. The lowest BCUT2D eigenvalue weighted by Crippen LogP contribution is -2.51. The molecule has 0 aromatic heterocycles. The zero-order valence-corrected chi connectivity index (χ0v) is 14.8. The third kappa shape index (κ3) is 5.42. The average Bonchev–Trinajstić information content (AvgIpc) is 2.47. The number of hydrogen-bond acceptors (Lipinski definition) is 4. The largest absolute Gasteiger partial charge is 0.480 e. The van der Waals surface area contributed by atoms with E-state index < -0.39 is 29.5 Å². The molecule has 1 aromatic rings. The van der Waals surface area contributed by atoms with E-state index in [1.54, 1.807) is 31.7 Å². The van der Waals surface area contributed by atoms with Gasteiger partial charge in [-0.2, -0.15) is 0 Å². The van der Waals surface area contributed by atoms with E-state index in [0.29, 0.717) is 19.5 Å². The van der Waals surface area contributed by atoms with Gasteiger partial charge in [0.2, 0.25) is 0 Å². The van der Waals surface area contributed by atoms with Crippen LogP contribution in [0.15, 0.2) is 24.3 Å². The first-order valence-electron chi connectivity index (χ1n) is 8.38. The number of carboxylic acids is 1. The molecule has 1 heterocycles. The summed E-state index contributed by atoms with van der Waals surface area (Å²) in [6.07, 6.45) is 0.898. The highest BCUT2D eigenvalue weighted by molar-refractivity contribution is 5.75. The molecular weight excluding hydrogens is 327 g/mol. The molecule has 1 aliphatic heterocycles. The summed E-state index contributed by atoms with van der Waals surface area (Å²) in [6.45, 7) is 6.18. The van der Waals surface area contributed by atoms with Crippen LogP contribution in [0, 0.1) is 5.82 Å². The summed E-state index contributed by atoms with van der Waals surface area (Å²) in [6, 6.07) is 4.57. The summed E-state index contributed by atoms with van der Waals surface area (Å²) in [7, 11) is 0. The normalized spacial score (nSPS) is 19.9. The van der Waals surface area contributed by atoms with Crippen molar-refractivity contribution in [3.05, 3.63) is 35.6 Å². The van der Waals surface area contributed by atoms with E-state index in [4.69, 9.17) is 4.74 Å². The Kier molecular flexibility index (Phi) is 6.00. The lowest BCUT2D eigenvalue weighted by Gasteiger charge is -2.37. The summed E-state index contributed by atoms with van der Waals surface area (Å²) in [4.78, 5) is 25.4. The smallest absolute Gasteiger partial charge is 0.407 e. The highest BCUT2D eigenvalue weighted by Crippen LogP contribution is 2.27. The van der Waals surface area contributed by atoms with Crippen LogP contribution < -0.4 is 5.32 Å². The topological polar surface area (TPSA) is 78.9 Å². The number of halogens is 1. The van der Waals surface area contributed by atoms with Crippen molar-refractivity contribution >= 4 is 12.1 Å². The maximum absolute atomic E-state index is 14.1. The van der Waals surface area contributed by atoms with Crippen molar-refractivity contribution < 1.29 is 23.8 Å². The minimum Gasteiger partial charge on any atom is -0.480 e. The Balaban J connectivity index is 2.09. The summed E-state index contributed by atoms with van der Waals surface area (Å²) in [5.74, 6) is -1.65. The molecule has 0 saturated carbocycles. The molecule has 138 valence electrons. The van der Waals surface area contributed by atoms with E-state index >= 15 is 0 Å². The van der Waals surface area contributed by atoms with Gasteiger partial charge < -0.3 is 15.2 Å². The number of alkyl carbamates (subject to hydrolysis) is 1. The summed E-state index contributed by atoms with van der Waals surface area (Å²) < 4.78 is 19.3. The predicted octanol–water partition coefficient (Wildman–Crippen LogP) is 2.94. The fourth-order valence-corrected chi connectivity index (χ4v) is 3.02. The minimum absolute atomic E-state index is 0.132. The molecule has 2 N–H and O–H groups in total. The molecule has 0 aliphatic carbocycles. The number of benzene rings is 1. The Morgan fingerprint density at radius 1 is 1.36 bits per heavy atom. The number of amides is 1. The van der Waals surface area contributed by atoms with Crippen molar-refractivity contribution in [2.75, 3.05) is 13.1 Å². The van der Waals surface area contributed by atoms with Gasteiger partial charge in [0, 0.05) is 18.2 Å². The van der Waals surface area contributed by atoms with E-state index in [2.05, 4.69) is 5.32 Å². The van der Waals surface area contributed by atoms with Gasteiger partial charge in [-0.1, -0.05) is 18.2 Å².